The molecule has 0 saturated heterocycles. The van der Waals surface area contributed by atoms with E-state index in [1.165, 1.54) is 22.9 Å². The van der Waals surface area contributed by atoms with Gasteiger partial charge in [0.15, 0.2) is 17.1 Å². The van der Waals surface area contributed by atoms with E-state index in [0.717, 1.165) is 15.9 Å². The first-order chi connectivity index (χ1) is 13.8. The second kappa shape index (κ2) is 9.45. The molecule has 0 aliphatic rings. The quantitative estimate of drug-likeness (QED) is 0.484. The zero-order chi connectivity index (χ0) is 21.0. The number of amides is 1. The molecule has 152 valence electrons. The van der Waals surface area contributed by atoms with Crippen LogP contribution in [0.3, 0.4) is 0 Å². The zero-order valence-electron chi connectivity index (χ0n) is 16.8. The molecule has 1 heterocycles. The number of nitrogens with one attached hydrogen (secondary N) is 1. The van der Waals surface area contributed by atoms with Crippen molar-refractivity contribution in [2.75, 3.05) is 11.1 Å². The molecule has 29 heavy (non-hydrogen) atoms. The second-order valence-corrected chi connectivity index (χ2v) is 8.61. The Bertz CT molecular complexity index is 1000. The Hall–Kier alpha value is -2.32. The van der Waals surface area contributed by atoms with Crippen LogP contribution in [0.15, 0.2) is 52.1 Å². The Labute approximate surface area is 183 Å². The normalized spacial score (nSPS) is 11.9. The fourth-order valence-electron chi connectivity index (χ4n) is 2.71. The van der Waals surface area contributed by atoms with Crippen LogP contribution in [0.5, 0.6) is 5.75 Å². The van der Waals surface area contributed by atoms with Crippen LogP contribution >= 0.6 is 27.7 Å². The van der Waals surface area contributed by atoms with Crippen LogP contribution in [0, 0.1) is 13.8 Å². The van der Waals surface area contributed by atoms with Crippen LogP contribution in [-0.2, 0) is 11.8 Å². The van der Waals surface area contributed by atoms with Gasteiger partial charge in [-0.1, -0.05) is 33.8 Å². The number of hydrogen-bond donors (Lipinski definition) is 1. The summed E-state index contributed by atoms with van der Waals surface area (Å²) in [5.74, 6) is 1.65. The van der Waals surface area contributed by atoms with Crippen molar-refractivity contribution < 1.29 is 9.53 Å². The van der Waals surface area contributed by atoms with Crippen molar-refractivity contribution in [1.29, 1.82) is 0 Å². The summed E-state index contributed by atoms with van der Waals surface area (Å²) in [6.45, 7) is 6.07. The summed E-state index contributed by atoms with van der Waals surface area (Å²) in [4.78, 5) is 12.2. The van der Waals surface area contributed by atoms with E-state index in [1.54, 1.807) is 0 Å². The third-order valence-corrected chi connectivity index (χ3v) is 6.03. The molecular formula is C21H23BrN4O2S. The minimum atomic E-state index is -0.263. The van der Waals surface area contributed by atoms with Crippen molar-refractivity contribution >= 4 is 39.3 Å². The van der Waals surface area contributed by atoms with Crippen molar-refractivity contribution in [3.8, 4) is 5.75 Å². The predicted molar refractivity (Wildman–Crippen MR) is 119 cm³/mol. The highest BCUT2D eigenvalue weighted by atomic mass is 79.9. The summed E-state index contributed by atoms with van der Waals surface area (Å²) >= 11 is 4.72. The zero-order valence-corrected chi connectivity index (χ0v) is 19.2. The molecule has 1 atom stereocenters. The van der Waals surface area contributed by atoms with Gasteiger partial charge in [0.1, 0.15) is 5.75 Å². The molecule has 1 N–H and O–H groups in total. The Balaban J connectivity index is 1.58. The lowest BCUT2D eigenvalue weighted by Gasteiger charge is -2.15. The summed E-state index contributed by atoms with van der Waals surface area (Å²) in [7, 11) is 1.88. The Morgan fingerprint density at radius 3 is 2.59 bits per heavy atom. The van der Waals surface area contributed by atoms with Gasteiger partial charge in [0.2, 0.25) is 5.91 Å². The van der Waals surface area contributed by atoms with Crippen LogP contribution in [-0.4, -0.2) is 26.4 Å². The maximum absolute atomic E-state index is 12.2. The molecule has 2 aromatic carbocycles. The van der Waals surface area contributed by atoms with Gasteiger partial charge in [0, 0.05) is 17.2 Å². The Morgan fingerprint density at radius 2 is 1.90 bits per heavy atom. The van der Waals surface area contributed by atoms with E-state index in [2.05, 4.69) is 45.3 Å². The van der Waals surface area contributed by atoms with Crippen molar-refractivity contribution in [3.05, 3.63) is 63.9 Å². The molecule has 1 amide bonds. The second-order valence-electron chi connectivity index (χ2n) is 6.75. The van der Waals surface area contributed by atoms with Gasteiger partial charge in [-0.05, 0) is 68.3 Å². The molecule has 3 aromatic rings. The van der Waals surface area contributed by atoms with E-state index in [9.17, 15) is 4.79 Å². The van der Waals surface area contributed by atoms with Gasteiger partial charge in [0.25, 0.3) is 0 Å². The molecule has 0 saturated carbocycles. The highest BCUT2D eigenvalue weighted by molar-refractivity contribution is 9.10. The van der Waals surface area contributed by atoms with Crippen molar-refractivity contribution in [2.45, 2.75) is 32.0 Å². The van der Waals surface area contributed by atoms with E-state index >= 15 is 0 Å². The lowest BCUT2D eigenvalue weighted by molar-refractivity contribution is -0.113. The monoisotopic (exact) mass is 474 g/mol. The molecule has 3 rings (SSSR count). The first kappa shape index (κ1) is 21.4. The van der Waals surface area contributed by atoms with E-state index in [1.807, 2.05) is 61.0 Å². The Kier molecular flexibility index (Phi) is 6.97. The standard InChI is InChI=1S/C21H23BrN4O2S/c1-13-5-10-18(11-14(13)2)28-15(3)20-24-25-21(26(20)4)29-12-19(27)23-17-8-6-16(22)7-9-17/h5-11,15H,12H2,1-4H3,(H,23,27). The first-order valence-electron chi connectivity index (χ1n) is 9.15. The molecule has 0 radical (unpaired) electrons. The minimum Gasteiger partial charge on any atom is -0.483 e. The lowest BCUT2D eigenvalue weighted by Crippen LogP contribution is -2.14. The third-order valence-electron chi connectivity index (χ3n) is 4.48. The molecule has 6 nitrogen and oxygen atoms in total. The lowest BCUT2D eigenvalue weighted by atomic mass is 10.1. The molecule has 0 spiro atoms. The fraction of sp³-hybridized carbons (Fsp3) is 0.286. The number of aromatic nitrogens is 3. The largest absolute Gasteiger partial charge is 0.483 e. The summed E-state index contributed by atoms with van der Waals surface area (Å²) in [5.41, 5.74) is 3.16. The maximum atomic E-state index is 12.2. The number of carbonyl (C=O) groups is 1. The maximum Gasteiger partial charge on any atom is 0.234 e. The van der Waals surface area contributed by atoms with Crippen molar-refractivity contribution in [1.82, 2.24) is 14.8 Å². The number of aryl methyl sites for hydroxylation is 2. The van der Waals surface area contributed by atoms with Gasteiger partial charge in [-0.15, -0.1) is 10.2 Å². The van der Waals surface area contributed by atoms with Gasteiger partial charge in [0.05, 0.1) is 5.75 Å². The summed E-state index contributed by atoms with van der Waals surface area (Å²) in [6, 6.07) is 13.5. The molecule has 1 unspecified atom stereocenters. The molecule has 0 fully saturated rings. The number of anilines is 1. The molecule has 0 bridgehead atoms. The molecule has 0 aliphatic carbocycles. The SMILES string of the molecule is Cc1ccc(OC(C)c2nnc(SCC(=O)Nc3ccc(Br)cc3)n2C)cc1C. The van der Waals surface area contributed by atoms with Crippen molar-refractivity contribution in [3.63, 3.8) is 0 Å². The van der Waals surface area contributed by atoms with Gasteiger partial charge in [-0.25, -0.2) is 0 Å². The number of hydrogen-bond acceptors (Lipinski definition) is 5. The summed E-state index contributed by atoms with van der Waals surface area (Å²) < 4.78 is 8.86. The van der Waals surface area contributed by atoms with Crippen LogP contribution < -0.4 is 10.1 Å². The highest BCUT2D eigenvalue weighted by Gasteiger charge is 2.18. The van der Waals surface area contributed by atoms with E-state index in [0.29, 0.717) is 11.0 Å². The molecule has 8 heteroatoms. The smallest absolute Gasteiger partial charge is 0.234 e. The van der Waals surface area contributed by atoms with Crippen LogP contribution in [0.1, 0.15) is 30.0 Å². The highest BCUT2D eigenvalue weighted by Crippen LogP contribution is 2.25. The number of ether oxygens (including phenoxy) is 1. The van der Waals surface area contributed by atoms with Gasteiger partial charge < -0.3 is 14.6 Å². The van der Waals surface area contributed by atoms with Crippen LogP contribution in [0.2, 0.25) is 0 Å². The predicted octanol–water partition coefficient (Wildman–Crippen LogP) is 5.07. The van der Waals surface area contributed by atoms with Gasteiger partial charge >= 0.3 is 0 Å². The van der Waals surface area contributed by atoms with E-state index in [-0.39, 0.29) is 17.8 Å². The number of rotatable bonds is 7. The third kappa shape index (κ3) is 5.61. The molecule has 0 aliphatic heterocycles. The fourth-order valence-corrected chi connectivity index (χ4v) is 3.69. The first-order valence-corrected chi connectivity index (χ1v) is 10.9. The molecule has 1 aromatic heterocycles. The van der Waals surface area contributed by atoms with Crippen LogP contribution in [0.4, 0.5) is 5.69 Å². The Morgan fingerprint density at radius 1 is 1.17 bits per heavy atom. The molecular weight excluding hydrogens is 452 g/mol. The summed E-state index contributed by atoms with van der Waals surface area (Å²) in [5, 5.41) is 12.0. The van der Waals surface area contributed by atoms with Gasteiger partial charge in [-0.2, -0.15) is 0 Å². The van der Waals surface area contributed by atoms with Crippen LogP contribution in [0.25, 0.3) is 0 Å². The van der Waals surface area contributed by atoms with Gasteiger partial charge in [-0.3, -0.25) is 4.79 Å². The average Bonchev–Trinajstić information content (AvgIpc) is 3.05. The minimum absolute atomic E-state index is 0.0960. The number of nitrogens with zero attached hydrogens (tertiary/aromatic N) is 3. The number of thioether (sulfide) groups is 1. The average molecular weight is 475 g/mol. The number of carbonyl (C=O) groups excluding carboxylic acids is 1. The number of benzene rings is 2. The topological polar surface area (TPSA) is 69.0 Å². The van der Waals surface area contributed by atoms with E-state index < -0.39 is 0 Å². The van der Waals surface area contributed by atoms with E-state index in [4.69, 9.17) is 4.74 Å². The van der Waals surface area contributed by atoms with Crippen molar-refractivity contribution in [2.24, 2.45) is 7.05 Å². The number of halogens is 1. The summed E-state index contributed by atoms with van der Waals surface area (Å²) in [6.07, 6.45) is -0.263.